The van der Waals surface area contributed by atoms with Crippen LogP contribution in [-0.4, -0.2) is 68.6 Å². The quantitative estimate of drug-likeness (QED) is 0.687. The van der Waals surface area contributed by atoms with Crippen LogP contribution in [0.3, 0.4) is 0 Å². The van der Waals surface area contributed by atoms with Crippen LogP contribution >= 0.6 is 0 Å². The SMILES string of the molecule is CCN(CC)Cc1ccccc1NCC(=O)N1CCN(c2ccc(OC)cc2)CC1. The second-order valence-corrected chi connectivity index (χ2v) is 7.54. The molecule has 1 amide bonds. The summed E-state index contributed by atoms with van der Waals surface area (Å²) in [6.07, 6.45) is 0. The molecule has 1 aliphatic rings. The van der Waals surface area contributed by atoms with Crippen molar-refractivity contribution in [2.45, 2.75) is 20.4 Å². The molecule has 0 radical (unpaired) electrons. The fourth-order valence-electron chi connectivity index (χ4n) is 3.81. The van der Waals surface area contributed by atoms with Crippen molar-refractivity contribution < 1.29 is 9.53 Å². The van der Waals surface area contributed by atoms with E-state index in [1.54, 1.807) is 7.11 Å². The van der Waals surface area contributed by atoms with E-state index >= 15 is 0 Å². The third-order valence-corrected chi connectivity index (χ3v) is 5.81. The van der Waals surface area contributed by atoms with Gasteiger partial charge in [-0.3, -0.25) is 9.69 Å². The van der Waals surface area contributed by atoms with Gasteiger partial charge in [0.1, 0.15) is 5.75 Å². The highest BCUT2D eigenvalue weighted by atomic mass is 16.5. The molecule has 1 heterocycles. The zero-order valence-electron chi connectivity index (χ0n) is 18.4. The number of nitrogens with zero attached hydrogens (tertiary/aromatic N) is 3. The number of carbonyl (C=O) groups excluding carboxylic acids is 1. The van der Waals surface area contributed by atoms with Gasteiger partial charge in [-0.2, -0.15) is 0 Å². The van der Waals surface area contributed by atoms with Crippen LogP contribution in [0.5, 0.6) is 5.75 Å². The van der Waals surface area contributed by atoms with Gasteiger partial charge in [0.2, 0.25) is 5.91 Å². The number of anilines is 2. The molecule has 1 aliphatic heterocycles. The van der Waals surface area contributed by atoms with Crippen LogP contribution in [0.4, 0.5) is 11.4 Å². The summed E-state index contributed by atoms with van der Waals surface area (Å²) >= 11 is 0. The fourth-order valence-corrected chi connectivity index (χ4v) is 3.81. The first-order valence-corrected chi connectivity index (χ1v) is 10.9. The van der Waals surface area contributed by atoms with E-state index in [0.717, 1.165) is 57.3 Å². The molecule has 3 rings (SSSR count). The van der Waals surface area contributed by atoms with Gasteiger partial charge in [-0.15, -0.1) is 0 Å². The monoisotopic (exact) mass is 410 g/mol. The number of hydrogen-bond donors (Lipinski definition) is 1. The number of methoxy groups -OCH3 is 1. The van der Waals surface area contributed by atoms with Crippen LogP contribution in [0.1, 0.15) is 19.4 Å². The highest BCUT2D eigenvalue weighted by Crippen LogP contribution is 2.21. The Bertz CT molecular complexity index is 797. The molecule has 0 unspecified atom stereocenters. The van der Waals surface area contributed by atoms with Crippen LogP contribution in [0.2, 0.25) is 0 Å². The highest BCUT2D eigenvalue weighted by Gasteiger charge is 2.21. The number of rotatable bonds is 9. The van der Waals surface area contributed by atoms with Gasteiger partial charge in [0.25, 0.3) is 0 Å². The van der Waals surface area contributed by atoms with Crippen molar-refractivity contribution in [3.05, 3.63) is 54.1 Å². The number of amides is 1. The van der Waals surface area contributed by atoms with Crippen LogP contribution < -0.4 is 15.0 Å². The van der Waals surface area contributed by atoms with Crippen molar-refractivity contribution in [3.63, 3.8) is 0 Å². The Morgan fingerprint density at radius 2 is 1.67 bits per heavy atom. The summed E-state index contributed by atoms with van der Waals surface area (Å²) in [6, 6.07) is 16.4. The number of hydrogen-bond acceptors (Lipinski definition) is 5. The number of nitrogens with one attached hydrogen (secondary N) is 1. The van der Waals surface area contributed by atoms with Crippen LogP contribution in [0.25, 0.3) is 0 Å². The largest absolute Gasteiger partial charge is 0.497 e. The minimum absolute atomic E-state index is 0.155. The van der Waals surface area contributed by atoms with Gasteiger partial charge in [0.15, 0.2) is 0 Å². The predicted molar refractivity (Wildman–Crippen MR) is 123 cm³/mol. The molecule has 1 N–H and O–H groups in total. The molecule has 162 valence electrons. The molecule has 1 saturated heterocycles. The van der Waals surface area contributed by atoms with E-state index in [2.05, 4.69) is 59.3 Å². The first-order chi connectivity index (χ1) is 14.6. The van der Waals surface area contributed by atoms with Crippen molar-refractivity contribution in [1.29, 1.82) is 0 Å². The summed E-state index contributed by atoms with van der Waals surface area (Å²) in [5.74, 6) is 1.02. The lowest BCUT2D eigenvalue weighted by molar-refractivity contribution is -0.129. The zero-order chi connectivity index (χ0) is 21.3. The van der Waals surface area contributed by atoms with Crippen LogP contribution in [-0.2, 0) is 11.3 Å². The Hall–Kier alpha value is -2.73. The molecule has 0 spiro atoms. The molecule has 0 bridgehead atoms. The smallest absolute Gasteiger partial charge is 0.241 e. The summed E-state index contributed by atoms with van der Waals surface area (Å²) in [6.45, 7) is 10.8. The van der Waals surface area contributed by atoms with Crippen molar-refractivity contribution in [2.75, 3.05) is 63.1 Å². The third-order valence-electron chi connectivity index (χ3n) is 5.81. The van der Waals surface area contributed by atoms with E-state index in [1.807, 2.05) is 23.1 Å². The van der Waals surface area contributed by atoms with E-state index in [9.17, 15) is 4.79 Å². The Balaban J connectivity index is 1.50. The third kappa shape index (κ3) is 5.66. The molecule has 1 fully saturated rings. The molecule has 0 aromatic heterocycles. The molecular formula is C24H34N4O2. The highest BCUT2D eigenvalue weighted by molar-refractivity contribution is 5.81. The van der Waals surface area contributed by atoms with Crippen molar-refractivity contribution in [1.82, 2.24) is 9.80 Å². The maximum atomic E-state index is 12.8. The molecule has 30 heavy (non-hydrogen) atoms. The van der Waals surface area contributed by atoms with Crippen LogP contribution in [0.15, 0.2) is 48.5 Å². The molecule has 0 saturated carbocycles. The maximum Gasteiger partial charge on any atom is 0.241 e. The van der Waals surface area contributed by atoms with E-state index in [4.69, 9.17) is 4.74 Å². The molecule has 2 aromatic carbocycles. The van der Waals surface area contributed by atoms with Gasteiger partial charge in [-0.1, -0.05) is 32.0 Å². The molecule has 0 aliphatic carbocycles. The molecule has 0 atom stereocenters. The lowest BCUT2D eigenvalue weighted by Gasteiger charge is -2.36. The normalized spacial score (nSPS) is 14.1. The number of piperazine rings is 1. The van der Waals surface area contributed by atoms with E-state index in [0.29, 0.717) is 6.54 Å². The fraction of sp³-hybridized carbons (Fsp3) is 0.458. The average Bonchev–Trinajstić information content (AvgIpc) is 2.81. The zero-order valence-corrected chi connectivity index (χ0v) is 18.4. The second kappa shape index (κ2) is 10.9. The van der Waals surface area contributed by atoms with Crippen LogP contribution in [0, 0.1) is 0 Å². The number of benzene rings is 2. The topological polar surface area (TPSA) is 48.1 Å². The Kier molecular flexibility index (Phi) is 7.97. The minimum atomic E-state index is 0.155. The summed E-state index contributed by atoms with van der Waals surface area (Å²) in [5.41, 5.74) is 3.46. The van der Waals surface area contributed by atoms with Crippen molar-refractivity contribution in [2.24, 2.45) is 0 Å². The molecule has 6 heteroatoms. The second-order valence-electron chi connectivity index (χ2n) is 7.54. The van der Waals surface area contributed by atoms with Crippen molar-refractivity contribution >= 4 is 17.3 Å². The van der Waals surface area contributed by atoms with Gasteiger partial charge < -0.3 is 19.9 Å². The van der Waals surface area contributed by atoms with Gasteiger partial charge in [0.05, 0.1) is 13.7 Å². The number of ether oxygens (including phenoxy) is 1. The van der Waals surface area contributed by atoms with Crippen molar-refractivity contribution in [3.8, 4) is 5.75 Å². The first kappa shape index (κ1) is 22.0. The minimum Gasteiger partial charge on any atom is -0.497 e. The van der Waals surface area contributed by atoms with E-state index in [1.165, 1.54) is 11.3 Å². The summed E-state index contributed by atoms with van der Waals surface area (Å²) in [4.78, 5) is 19.4. The average molecular weight is 411 g/mol. The Labute approximate surface area is 180 Å². The molecule has 6 nitrogen and oxygen atoms in total. The maximum absolute atomic E-state index is 12.8. The number of para-hydroxylation sites is 1. The van der Waals surface area contributed by atoms with E-state index in [-0.39, 0.29) is 5.91 Å². The Morgan fingerprint density at radius 1 is 1.00 bits per heavy atom. The summed E-state index contributed by atoms with van der Waals surface area (Å²) in [7, 11) is 1.68. The summed E-state index contributed by atoms with van der Waals surface area (Å²) < 4.78 is 5.23. The Morgan fingerprint density at radius 3 is 2.30 bits per heavy atom. The van der Waals surface area contributed by atoms with Gasteiger partial charge >= 0.3 is 0 Å². The molecular weight excluding hydrogens is 376 g/mol. The molecule has 2 aromatic rings. The first-order valence-electron chi connectivity index (χ1n) is 10.9. The van der Waals surface area contributed by atoms with Gasteiger partial charge in [-0.25, -0.2) is 0 Å². The van der Waals surface area contributed by atoms with E-state index < -0.39 is 0 Å². The number of carbonyl (C=O) groups is 1. The van der Waals surface area contributed by atoms with Gasteiger partial charge in [-0.05, 0) is 49.0 Å². The summed E-state index contributed by atoms with van der Waals surface area (Å²) in [5, 5.41) is 3.37. The standard InChI is InChI=1S/C24H34N4O2/c1-4-26(5-2)19-20-8-6-7-9-23(20)25-18-24(29)28-16-14-27(15-17-28)21-10-12-22(30-3)13-11-21/h6-13,25H,4-5,14-19H2,1-3H3. The lowest BCUT2D eigenvalue weighted by atomic mass is 10.1. The predicted octanol–water partition coefficient (Wildman–Crippen LogP) is 3.30. The lowest BCUT2D eigenvalue weighted by Crippen LogP contribution is -2.50. The van der Waals surface area contributed by atoms with Gasteiger partial charge in [0, 0.05) is 44.1 Å².